The molecule has 0 spiro atoms. The second-order valence-electron chi connectivity index (χ2n) is 3.10. The van der Waals surface area contributed by atoms with Crippen LogP contribution in [0.15, 0.2) is 30.3 Å². The zero-order valence-corrected chi connectivity index (χ0v) is 9.22. The van der Waals surface area contributed by atoms with Gasteiger partial charge in [-0.25, -0.2) is 4.98 Å². The van der Waals surface area contributed by atoms with Gasteiger partial charge in [-0.2, -0.15) is 0 Å². The van der Waals surface area contributed by atoms with E-state index in [4.69, 9.17) is 23.2 Å². The SMILES string of the molecule is O=C(Cl)c1nc2ccccc2cc1CCl. The van der Waals surface area contributed by atoms with Gasteiger partial charge in [-0.05, 0) is 29.3 Å². The average Bonchev–Trinajstić information content (AvgIpc) is 2.27. The van der Waals surface area contributed by atoms with Gasteiger partial charge in [-0.3, -0.25) is 4.79 Å². The smallest absolute Gasteiger partial charge is 0.271 e. The summed E-state index contributed by atoms with van der Waals surface area (Å²) in [7, 11) is 0. The molecule has 1 heterocycles. The molecule has 1 aromatic carbocycles. The Morgan fingerprint density at radius 2 is 2.07 bits per heavy atom. The molecule has 76 valence electrons. The molecule has 4 heteroatoms. The number of nitrogens with zero attached hydrogens (tertiary/aromatic N) is 1. The summed E-state index contributed by atoms with van der Waals surface area (Å²) in [4.78, 5) is 15.3. The molecule has 0 saturated heterocycles. The van der Waals surface area contributed by atoms with Gasteiger partial charge >= 0.3 is 0 Å². The van der Waals surface area contributed by atoms with Crippen LogP contribution in [0.1, 0.15) is 16.1 Å². The standard InChI is InChI=1S/C11H7Cl2NO/c12-6-8-5-7-3-1-2-4-9(7)14-10(8)11(13)15/h1-5H,6H2. The van der Waals surface area contributed by atoms with Crippen LogP contribution in [0.2, 0.25) is 0 Å². The fourth-order valence-corrected chi connectivity index (χ4v) is 1.80. The quantitative estimate of drug-likeness (QED) is 0.595. The van der Waals surface area contributed by atoms with E-state index in [0.29, 0.717) is 5.56 Å². The largest absolute Gasteiger partial charge is 0.274 e. The second kappa shape index (κ2) is 4.17. The van der Waals surface area contributed by atoms with Crippen LogP contribution in [-0.4, -0.2) is 10.2 Å². The van der Waals surface area contributed by atoms with Crippen LogP contribution in [0.3, 0.4) is 0 Å². The molecular formula is C11H7Cl2NO. The molecule has 0 aliphatic carbocycles. The fourth-order valence-electron chi connectivity index (χ4n) is 1.43. The molecule has 0 aliphatic heterocycles. The van der Waals surface area contributed by atoms with Crippen molar-refractivity contribution in [2.24, 2.45) is 0 Å². The van der Waals surface area contributed by atoms with Gasteiger partial charge in [-0.15, -0.1) is 11.6 Å². The highest BCUT2D eigenvalue weighted by atomic mass is 35.5. The number of fused-ring (bicyclic) bond motifs is 1. The number of hydrogen-bond acceptors (Lipinski definition) is 2. The van der Waals surface area contributed by atoms with Crippen molar-refractivity contribution in [2.75, 3.05) is 0 Å². The van der Waals surface area contributed by atoms with Crippen LogP contribution in [0.25, 0.3) is 10.9 Å². The first-order valence-corrected chi connectivity index (χ1v) is 5.28. The average molecular weight is 240 g/mol. The van der Waals surface area contributed by atoms with Gasteiger partial charge in [-0.1, -0.05) is 18.2 Å². The summed E-state index contributed by atoms with van der Waals surface area (Å²) in [6.07, 6.45) is 0. The number of carbonyl (C=O) groups excluding carboxylic acids is 1. The zero-order chi connectivity index (χ0) is 10.8. The molecule has 0 atom stereocenters. The highest BCUT2D eigenvalue weighted by Crippen LogP contribution is 2.19. The summed E-state index contributed by atoms with van der Waals surface area (Å²) < 4.78 is 0. The van der Waals surface area contributed by atoms with E-state index in [0.717, 1.165) is 10.9 Å². The lowest BCUT2D eigenvalue weighted by Crippen LogP contribution is -2.00. The monoisotopic (exact) mass is 239 g/mol. The van der Waals surface area contributed by atoms with Crippen LogP contribution in [0.5, 0.6) is 0 Å². The molecule has 0 amide bonds. The Bertz CT molecular complexity index is 525. The third-order valence-corrected chi connectivity index (χ3v) is 2.60. The van der Waals surface area contributed by atoms with E-state index in [1.165, 1.54) is 0 Å². The van der Waals surface area contributed by atoms with Crippen molar-refractivity contribution in [3.63, 3.8) is 0 Å². The Hall–Kier alpha value is -1.12. The molecule has 1 aromatic heterocycles. The molecule has 0 N–H and O–H groups in total. The van der Waals surface area contributed by atoms with Gasteiger partial charge in [0.05, 0.1) is 5.52 Å². The van der Waals surface area contributed by atoms with Crippen LogP contribution >= 0.6 is 23.2 Å². The maximum absolute atomic E-state index is 11.1. The number of hydrogen-bond donors (Lipinski definition) is 0. The number of carbonyl (C=O) groups is 1. The second-order valence-corrected chi connectivity index (χ2v) is 3.71. The lowest BCUT2D eigenvalue weighted by Gasteiger charge is -2.04. The van der Waals surface area contributed by atoms with Crippen molar-refractivity contribution in [2.45, 2.75) is 5.88 Å². The normalized spacial score (nSPS) is 10.5. The fraction of sp³-hybridized carbons (Fsp3) is 0.0909. The number of benzene rings is 1. The maximum atomic E-state index is 11.1. The van der Waals surface area contributed by atoms with E-state index in [2.05, 4.69) is 4.98 Å². The molecular weight excluding hydrogens is 233 g/mol. The molecule has 0 fully saturated rings. The molecule has 0 unspecified atom stereocenters. The Morgan fingerprint density at radius 3 is 2.73 bits per heavy atom. The van der Waals surface area contributed by atoms with Gasteiger partial charge in [0.1, 0.15) is 5.69 Å². The van der Waals surface area contributed by atoms with E-state index < -0.39 is 5.24 Å². The Morgan fingerprint density at radius 1 is 1.33 bits per heavy atom. The number of pyridine rings is 1. The Balaban J connectivity index is 2.74. The third-order valence-electron chi connectivity index (χ3n) is 2.13. The van der Waals surface area contributed by atoms with Crippen molar-refractivity contribution in [3.05, 3.63) is 41.6 Å². The van der Waals surface area contributed by atoms with Crippen LogP contribution in [-0.2, 0) is 5.88 Å². The minimum absolute atomic E-state index is 0.228. The molecule has 2 nitrogen and oxygen atoms in total. The predicted octanol–water partition coefficient (Wildman–Crippen LogP) is 3.35. The number of rotatable bonds is 2. The first kappa shape index (κ1) is 10.4. The van der Waals surface area contributed by atoms with Crippen LogP contribution in [0, 0.1) is 0 Å². The Kier molecular flexibility index (Phi) is 2.89. The molecule has 0 saturated carbocycles. The van der Waals surface area contributed by atoms with Crippen LogP contribution < -0.4 is 0 Å². The van der Waals surface area contributed by atoms with Crippen molar-refractivity contribution < 1.29 is 4.79 Å². The van der Waals surface area contributed by atoms with E-state index in [1.807, 2.05) is 30.3 Å². The number of alkyl halides is 1. The molecule has 0 bridgehead atoms. The van der Waals surface area contributed by atoms with Crippen LogP contribution in [0.4, 0.5) is 0 Å². The van der Waals surface area contributed by atoms with E-state index in [9.17, 15) is 4.79 Å². The minimum atomic E-state index is -0.573. The van der Waals surface area contributed by atoms with E-state index in [1.54, 1.807) is 0 Å². The van der Waals surface area contributed by atoms with E-state index >= 15 is 0 Å². The van der Waals surface area contributed by atoms with Gasteiger partial charge in [0.2, 0.25) is 0 Å². The van der Waals surface area contributed by atoms with Crippen molar-refractivity contribution in [1.82, 2.24) is 4.98 Å². The van der Waals surface area contributed by atoms with Gasteiger partial charge < -0.3 is 0 Å². The van der Waals surface area contributed by atoms with Crippen molar-refractivity contribution >= 4 is 39.3 Å². The first-order chi connectivity index (χ1) is 7.22. The number of para-hydroxylation sites is 1. The lowest BCUT2D eigenvalue weighted by atomic mass is 10.1. The molecule has 2 rings (SSSR count). The summed E-state index contributed by atoms with van der Waals surface area (Å²) in [6.45, 7) is 0. The van der Waals surface area contributed by atoms with Crippen molar-refractivity contribution in [3.8, 4) is 0 Å². The maximum Gasteiger partial charge on any atom is 0.271 e. The molecule has 2 aromatic rings. The van der Waals surface area contributed by atoms with Crippen molar-refractivity contribution in [1.29, 1.82) is 0 Å². The first-order valence-electron chi connectivity index (χ1n) is 4.37. The summed E-state index contributed by atoms with van der Waals surface area (Å²) in [5.74, 6) is 0.228. The highest BCUT2D eigenvalue weighted by molar-refractivity contribution is 6.67. The third kappa shape index (κ3) is 1.96. The predicted molar refractivity (Wildman–Crippen MR) is 61.5 cm³/mol. The summed E-state index contributed by atoms with van der Waals surface area (Å²) in [6, 6.07) is 9.35. The summed E-state index contributed by atoms with van der Waals surface area (Å²) in [5.41, 5.74) is 1.65. The Labute approximate surface area is 96.8 Å². The lowest BCUT2D eigenvalue weighted by molar-refractivity contribution is 0.107. The molecule has 15 heavy (non-hydrogen) atoms. The topological polar surface area (TPSA) is 30.0 Å². The molecule has 0 aliphatic rings. The zero-order valence-electron chi connectivity index (χ0n) is 7.71. The summed E-state index contributed by atoms with van der Waals surface area (Å²) in [5, 5.41) is 0.381. The number of halogens is 2. The number of aromatic nitrogens is 1. The van der Waals surface area contributed by atoms with Gasteiger partial charge in [0, 0.05) is 11.3 Å². The van der Waals surface area contributed by atoms with E-state index in [-0.39, 0.29) is 11.6 Å². The van der Waals surface area contributed by atoms with Gasteiger partial charge in [0.25, 0.3) is 5.24 Å². The molecule has 0 radical (unpaired) electrons. The van der Waals surface area contributed by atoms with Gasteiger partial charge in [0.15, 0.2) is 0 Å². The minimum Gasteiger partial charge on any atom is -0.274 e. The summed E-state index contributed by atoms with van der Waals surface area (Å²) >= 11 is 11.2. The highest BCUT2D eigenvalue weighted by Gasteiger charge is 2.11.